The highest BCUT2D eigenvalue weighted by Gasteiger charge is 2.09. The van der Waals surface area contributed by atoms with E-state index in [1.807, 2.05) is 0 Å². The molecule has 0 saturated carbocycles. The van der Waals surface area contributed by atoms with Crippen LogP contribution in [0.1, 0.15) is 104 Å². The average Bonchev–Trinajstić information content (AvgIpc) is 2.50. The third kappa shape index (κ3) is 15.5. The number of rotatable bonds is 16. The third-order valence-electron chi connectivity index (χ3n) is 4.06. The Morgan fingerprint density at radius 1 is 0.818 bits per heavy atom. The maximum atomic E-state index is 10.8. The van der Waals surface area contributed by atoms with Gasteiger partial charge in [-0.05, 0) is 12.8 Å². The van der Waals surface area contributed by atoms with Crippen LogP contribution in [0.25, 0.3) is 0 Å². The van der Waals surface area contributed by atoms with Gasteiger partial charge in [-0.3, -0.25) is 9.59 Å². The first kappa shape index (κ1) is 21.1. The van der Waals surface area contributed by atoms with Gasteiger partial charge < -0.3 is 4.74 Å². The molecule has 0 N–H and O–H groups in total. The van der Waals surface area contributed by atoms with E-state index >= 15 is 0 Å². The van der Waals surface area contributed by atoms with Gasteiger partial charge in [-0.25, -0.2) is 0 Å². The van der Waals surface area contributed by atoms with Gasteiger partial charge in [0.2, 0.25) is 0 Å². The molecule has 1 atom stereocenters. The fraction of sp³-hybridized carbons (Fsp3) is 0.895. The summed E-state index contributed by atoms with van der Waals surface area (Å²) in [6.07, 6.45) is 17.9. The van der Waals surface area contributed by atoms with E-state index in [4.69, 9.17) is 4.74 Å². The van der Waals surface area contributed by atoms with Gasteiger partial charge >= 0.3 is 5.97 Å². The summed E-state index contributed by atoms with van der Waals surface area (Å²) in [5, 5.41) is 0. The molecule has 0 bridgehead atoms. The molecule has 3 heteroatoms. The summed E-state index contributed by atoms with van der Waals surface area (Å²) in [6.45, 7) is 3.61. The number of carbonyl (C=O) groups excluding carboxylic acids is 2. The van der Waals surface area contributed by atoms with Gasteiger partial charge in [0.15, 0.2) is 12.4 Å². The maximum absolute atomic E-state index is 10.8. The van der Waals surface area contributed by atoms with Crippen LogP contribution in [0.4, 0.5) is 0 Å². The van der Waals surface area contributed by atoms with E-state index in [0.29, 0.717) is 6.42 Å². The van der Waals surface area contributed by atoms with Gasteiger partial charge in [0.25, 0.3) is 0 Å². The number of unbranched alkanes of at least 4 members (excludes halogenated alkanes) is 12. The zero-order valence-corrected chi connectivity index (χ0v) is 14.8. The van der Waals surface area contributed by atoms with Gasteiger partial charge in [0, 0.05) is 6.92 Å². The Morgan fingerprint density at radius 2 is 1.23 bits per heavy atom. The van der Waals surface area contributed by atoms with Crippen molar-refractivity contribution in [1.82, 2.24) is 0 Å². The minimum Gasteiger partial charge on any atom is -0.455 e. The van der Waals surface area contributed by atoms with Crippen molar-refractivity contribution >= 4 is 12.3 Å². The lowest BCUT2D eigenvalue weighted by Gasteiger charge is -2.09. The number of esters is 1. The topological polar surface area (TPSA) is 43.4 Å². The third-order valence-corrected chi connectivity index (χ3v) is 4.06. The van der Waals surface area contributed by atoms with E-state index in [2.05, 4.69) is 6.92 Å². The molecule has 22 heavy (non-hydrogen) atoms. The van der Waals surface area contributed by atoms with Crippen LogP contribution in [-0.2, 0) is 14.3 Å². The molecule has 0 aliphatic carbocycles. The highest BCUT2D eigenvalue weighted by molar-refractivity contribution is 5.69. The molecule has 0 rings (SSSR count). The largest absolute Gasteiger partial charge is 0.455 e. The normalized spacial score (nSPS) is 12.1. The number of ether oxygens (including phenoxy) is 1. The van der Waals surface area contributed by atoms with E-state index in [1.165, 1.54) is 77.6 Å². The van der Waals surface area contributed by atoms with Gasteiger partial charge in [0.05, 0.1) is 0 Å². The molecule has 3 nitrogen and oxygen atoms in total. The van der Waals surface area contributed by atoms with Crippen LogP contribution in [-0.4, -0.2) is 18.4 Å². The van der Waals surface area contributed by atoms with Gasteiger partial charge in [-0.15, -0.1) is 0 Å². The second-order valence-electron chi connectivity index (χ2n) is 6.32. The first-order chi connectivity index (χ1) is 10.7. The second-order valence-corrected chi connectivity index (χ2v) is 6.32. The van der Waals surface area contributed by atoms with Crippen LogP contribution >= 0.6 is 0 Å². The average molecular weight is 312 g/mol. The molecular weight excluding hydrogens is 276 g/mol. The summed E-state index contributed by atoms with van der Waals surface area (Å²) in [7, 11) is 0. The maximum Gasteiger partial charge on any atom is 0.303 e. The molecule has 130 valence electrons. The molecule has 0 fully saturated rings. The summed E-state index contributed by atoms with van der Waals surface area (Å²) >= 11 is 0. The number of hydrogen-bond acceptors (Lipinski definition) is 3. The molecule has 0 radical (unpaired) electrons. The number of carbonyl (C=O) groups is 2. The lowest BCUT2D eigenvalue weighted by atomic mass is 10.0. The summed E-state index contributed by atoms with van der Waals surface area (Å²) in [5.41, 5.74) is 0. The Bertz CT molecular complexity index is 263. The second kappa shape index (κ2) is 16.5. The standard InChI is InChI=1S/C19H36O3/c1-3-4-5-6-7-8-9-10-11-12-13-14-15-16-19(17-20)22-18(2)21/h17,19H,3-16H2,1-2H3/t19-/m0/s1. The van der Waals surface area contributed by atoms with Crippen molar-refractivity contribution in [2.75, 3.05) is 0 Å². The lowest BCUT2D eigenvalue weighted by molar-refractivity contribution is -0.149. The number of hydrogen-bond donors (Lipinski definition) is 0. The Labute approximate surface area is 137 Å². The zero-order chi connectivity index (χ0) is 16.5. The predicted molar refractivity (Wildman–Crippen MR) is 91.9 cm³/mol. The quantitative estimate of drug-likeness (QED) is 0.212. The molecular formula is C19H36O3. The van der Waals surface area contributed by atoms with Crippen molar-refractivity contribution in [3.05, 3.63) is 0 Å². The van der Waals surface area contributed by atoms with E-state index in [-0.39, 0.29) is 5.97 Å². The lowest BCUT2D eigenvalue weighted by Crippen LogP contribution is -2.17. The summed E-state index contributed by atoms with van der Waals surface area (Å²) in [6, 6.07) is 0. The molecule has 0 unspecified atom stereocenters. The van der Waals surface area contributed by atoms with Crippen LogP contribution in [0, 0.1) is 0 Å². The number of aldehydes is 1. The molecule has 0 spiro atoms. The van der Waals surface area contributed by atoms with Crippen LogP contribution in [0.2, 0.25) is 0 Å². The van der Waals surface area contributed by atoms with Crippen molar-refractivity contribution in [2.45, 2.75) is 110 Å². The summed E-state index contributed by atoms with van der Waals surface area (Å²) < 4.78 is 4.90. The van der Waals surface area contributed by atoms with Crippen LogP contribution in [0.15, 0.2) is 0 Å². The van der Waals surface area contributed by atoms with Gasteiger partial charge in [0.1, 0.15) is 0 Å². The zero-order valence-electron chi connectivity index (χ0n) is 14.8. The Morgan fingerprint density at radius 3 is 1.59 bits per heavy atom. The SMILES string of the molecule is CCCCCCCCCCCCCCC[C@@H](C=O)OC(C)=O. The molecule has 0 aliphatic rings. The van der Waals surface area contributed by atoms with Crippen molar-refractivity contribution in [1.29, 1.82) is 0 Å². The predicted octanol–water partition coefficient (Wildman–Crippen LogP) is 5.60. The molecule has 0 aromatic rings. The van der Waals surface area contributed by atoms with Crippen molar-refractivity contribution in [3.63, 3.8) is 0 Å². The summed E-state index contributed by atoms with van der Waals surface area (Å²) in [5.74, 6) is -0.369. The van der Waals surface area contributed by atoms with Gasteiger partial charge in [-0.2, -0.15) is 0 Å². The Hall–Kier alpha value is -0.860. The van der Waals surface area contributed by atoms with Crippen molar-refractivity contribution in [3.8, 4) is 0 Å². The smallest absolute Gasteiger partial charge is 0.303 e. The highest BCUT2D eigenvalue weighted by atomic mass is 16.5. The fourth-order valence-corrected chi connectivity index (χ4v) is 2.73. The fourth-order valence-electron chi connectivity index (χ4n) is 2.73. The molecule has 0 aromatic heterocycles. The Kier molecular flexibility index (Phi) is 15.9. The monoisotopic (exact) mass is 312 g/mol. The van der Waals surface area contributed by atoms with Crippen molar-refractivity contribution in [2.24, 2.45) is 0 Å². The molecule has 0 heterocycles. The minimum absolute atomic E-state index is 0.369. The van der Waals surface area contributed by atoms with Crippen LogP contribution in [0.5, 0.6) is 0 Å². The van der Waals surface area contributed by atoms with Gasteiger partial charge in [-0.1, -0.05) is 84.0 Å². The molecule has 0 aromatic carbocycles. The highest BCUT2D eigenvalue weighted by Crippen LogP contribution is 2.13. The van der Waals surface area contributed by atoms with Crippen LogP contribution < -0.4 is 0 Å². The minimum atomic E-state index is -0.537. The first-order valence-corrected chi connectivity index (χ1v) is 9.33. The first-order valence-electron chi connectivity index (χ1n) is 9.33. The van der Waals surface area contributed by atoms with E-state index in [1.54, 1.807) is 0 Å². The molecule has 0 aliphatic heterocycles. The van der Waals surface area contributed by atoms with E-state index < -0.39 is 6.10 Å². The molecule has 0 amide bonds. The van der Waals surface area contributed by atoms with Crippen LogP contribution in [0.3, 0.4) is 0 Å². The van der Waals surface area contributed by atoms with E-state index in [9.17, 15) is 9.59 Å². The molecule has 0 saturated heterocycles. The Balaban J connectivity index is 3.19. The van der Waals surface area contributed by atoms with E-state index in [0.717, 1.165) is 19.1 Å². The summed E-state index contributed by atoms with van der Waals surface area (Å²) in [4.78, 5) is 21.5. The van der Waals surface area contributed by atoms with Crippen molar-refractivity contribution < 1.29 is 14.3 Å².